The van der Waals surface area contributed by atoms with E-state index in [1.54, 1.807) is 12.5 Å². The smallest absolute Gasteiger partial charge is 0.303 e. The van der Waals surface area contributed by atoms with Crippen molar-refractivity contribution < 1.29 is 14.7 Å². The third-order valence-electron chi connectivity index (χ3n) is 4.22. The third kappa shape index (κ3) is 3.82. The fraction of sp³-hybridized carbons (Fsp3) is 0.389. The monoisotopic (exact) mass is 327 g/mol. The predicted molar refractivity (Wildman–Crippen MR) is 90.0 cm³/mol. The summed E-state index contributed by atoms with van der Waals surface area (Å²) in [6.07, 6.45) is 8.92. The van der Waals surface area contributed by atoms with Crippen LogP contribution >= 0.6 is 0 Å². The van der Waals surface area contributed by atoms with E-state index in [1.807, 2.05) is 18.3 Å². The van der Waals surface area contributed by atoms with Gasteiger partial charge < -0.3 is 14.5 Å². The standard InChI is InChI=1S/C18H21N3O3/c22-17(23)7-3-4-12-24-20-18-15-6-2-1-5-14(15)8-9-16(18)21-11-10-19-13-21/h1-2,5-6,10-11,13,16H,3-4,7-9,12H2,(H,22,23). The highest BCUT2D eigenvalue weighted by atomic mass is 16.6. The second kappa shape index (κ2) is 7.77. The van der Waals surface area contributed by atoms with E-state index >= 15 is 0 Å². The van der Waals surface area contributed by atoms with Crippen molar-refractivity contribution in [2.45, 2.75) is 38.1 Å². The van der Waals surface area contributed by atoms with Crippen molar-refractivity contribution in [3.63, 3.8) is 0 Å². The summed E-state index contributed by atoms with van der Waals surface area (Å²) in [5, 5.41) is 13.0. The Morgan fingerprint density at radius 3 is 3.04 bits per heavy atom. The minimum absolute atomic E-state index is 0.112. The molecule has 6 nitrogen and oxygen atoms in total. The molecule has 1 aromatic heterocycles. The van der Waals surface area contributed by atoms with Crippen LogP contribution in [-0.4, -0.2) is 32.9 Å². The molecule has 0 bridgehead atoms. The van der Waals surface area contributed by atoms with Gasteiger partial charge in [-0.2, -0.15) is 0 Å². The van der Waals surface area contributed by atoms with E-state index in [4.69, 9.17) is 9.94 Å². The van der Waals surface area contributed by atoms with Crippen molar-refractivity contribution in [3.8, 4) is 0 Å². The lowest BCUT2D eigenvalue weighted by Gasteiger charge is -2.27. The Bertz CT molecular complexity index is 710. The molecule has 2 aromatic rings. The number of fused-ring (bicyclic) bond motifs is 1. The summed E-state index contributed by atoms with van der Waals surface area (Å²) in [6.45, 7) is 0.426. The molecule has 3 rings (SSSR count). The van der Waals surface area contributed by atoms with E-state index in [1.165, 1.54) is 5.56 Å². The van der Waals surface area contributed by atoms with Crippen LogP contribution in [-0.2, 0) is 16.1 Å². The van der Waals surface area contributed by atoms with Gasteiger partial charge in [-0.05, 0) is 31.2 Å². The van der Waals surface area contributed by atoms with Crippen molar-refractivity contribution in [2.24, 2.45) is 5.16 Å². The number of aryl methyl sites for hydroxylation is 1. The molecule has 6 heteroatoms. The zero-order valence-corrected chi connectivity index (χ0v) is 13.5. The van der Waals surface area contributed by atoms with Gasteiger partial charge in [-0.1, -0.05) is 29.4 Å². The number of benzene rings is 1. The Hall–Kier alpha value is -2.63. The molecule has 0 radical (unpaired) electrons. The number of nitrogens with zero attached hydrogens (tertiary/aromatic N) is 3. The second-order valence-corrected chi connectivity index (χ2v) is 5.88. The number of carbonyl (C=O) groups is 1. The van der Waals surface area contributed by atoms with Crippen molar-refractivity contribution in [1.82, 2.24) is 9.55 Å². The molecule has 1 N–H and O–H groups in total. The van der Waals surface area contributed by atoms with E-state index in [-0.39, 0.29) is 12.5 Å². The normalized spacial score (nSPS) is 18.3. The van der Waals surface area contributed by atoms with Crippen LogP contribution in [0.4, 0.5) is 0 Å². The number of rotatable bonds is 7. The lowest BCUT2D eigenvalue weighted by atomic mass is 9.86. The highest BCUT2D eigenvalue weighted by Gasteiger charge is 2.27. The summed E-state index contributed by atoms with van der Waals surface area (Å²) >= 11 is 0. The van der Waals surface area contributed by atoms with Gasteiger partial charge in [-0.25, -0.2) is 4.98 Å². The summed E-state index contributed by atoms with van der Waals surface area (Å²) in [6, 6.07) is 8.37. The first kappa shape index (κ1) is 16.2. The van der Waals surface area contributed by atoms with Gasteiger partial charge in [0.1, 0.15) is 12.3 Å². The molecule has 0 saturated carbocycles. The summed E-state index contributed by atoms with van der Waals surface area (Å²) in [5.41, 5.74) is 3.31. The average molecular weight is 327 g/mol. The lowest BCUT2D eigenvalue weighted by molar-refractivity contribution is -0.137. The first-order valence-electron chi connectivity index (χ1n) is 8.23. The van der Waals surface area contributed by atoms with E-state index in [0.29, 0.717) is 19.4 Å². The maximum absolute atomic E-state index is 10.5. The maximum Gasteiger partial charge on any atom is 0.303 e. The van der Waals surface area contributed by atoms with Gasteiger partial charge in [0, 0.05) is 24.4 Å². The number of carboxylic acid groups (broad SMARTS) is 1. The van der Waals surface area contributed by atoms with Gasteiger partial charge in [0.15, 0.2) is 0 Å². The van der Waals surface area contributed by atoms with Gasteiger partial charge in [-0.15, -0.1) is 0 Å². The minimum atomic E-state index is -0.775. The van der Waals surface area contributed by atoms with Crippen LogP contribution in [0, 0.1) is 0 Å². The van der Waals surface area contributed by atoms with Gasteiger partial charge in [-0.3, -0.25) is 4.79 Å². The third-order valence-corrected chi connectivity index (χ3v) is 4.22. The molecule has 0 saturated heterocycles. The average Bonchev–Trinajstić information content (AvgIpc) is 3.12. The van der Waals surface area contributed by atoms with E-state index in [2.05, 4.69) is 26.8 Å². The minimum Gasteiger partial charge on any atom is -0.481 e. The largest absolute Gasteiger partial charge is 0.481 e. The first-order chi connectivity index (χ1) is 11.8. The van der Waals surface area contributed by atoms with Crippen LogP contribution in [0.5, 0.6) is 0 Å². The van der Waals surface area contributed by atoms with Gasteiger partial charge in [0.05, 0.1) is 12.4 Å². The molecule has 24 heavy (non-hydrogen) atoms. The molecule has 1 unspecified atom stereocenters. The van der Waals surface area contributed by atoms with E-state index in [0.717, 1.165) is 24.1 Å². The lowest BCUT2D eigenvalue weighted by Crippen LogP contribution is -2.26. The Morgan fingerprint density at radius 1 is 1.38 bits per heavy atom. The van der Waals surface area contributed by atoms with Crippen molar-refractivity contribution in [1.29, 1.82) is 0 Å². The van der Waals surface area contributed by atoms with Crippen LogP contribution in [0.1, 0.15) is 42.9 Å². The number of unbranched alkanes of at least 4 members (excludes halogenated alkanes) is 1. The number of carboxylic acids is 1. The molecule has 0 fully saturated rings. The molecule has 1 atom stereocenters. The van der Waals surface area contributed by atoms with E-state index in [9.17, 15) is 4.79 Å². The van der Waals surface area contributed by atoms with Crippen LogP contribution in [0.3, 0.4) is 0 Å². The summed E-state index contributed by atoms with van der Waals surface area (Å²) < 4.78 is 2.06. The Balaban J connectivity index is 1.72. The molecule has 0 aliphatic heterocycles. The Labute approximate surface area is 140 Å². The molecule has 0 spiro atoms. The van der Waals surface area contributed by atoms with Crippen LogP contribution < -0.4 is 0 Å². The topological polar surface area (TPSA) is 76.7 Å². The molecule has 0 amide bonds. The number of aliphatic carboxylic acids is 1. The first-order valence-corrected chi connectivity index (χ1v) is 8.23. The van der Waals surface area contributed by atoms with Crippen LogP contribution in [0.2, 0.25) is 0 Å². The quantitative estimate of drug-likeness (QED) is 0.626. The number of hydrogen-bond donors (Lipinski definition) is 1. The van der Waals surface area contributed by atoms with Crippen LogP contribution in [0.15, 0.2) is 48.1 Å². The summed E-state index contributed by atoms with van der Waals surface area (Å²) in [4.78, 5) is 20.2. The molecule has 1 heterocycles. The number of aromatic nitrogens is 2. The molecular weight excluding hydrogens is 306 g/mol. The SMILES string of the molecule is O=C(O)CCCCON=C1c2ccccc2CCC1n1ccnc1. The zero-order valence-electron chi connectivity index (χ0n) is 13.5. The number of hydrogen-bond acceptors (Lipinski definition) is 4. The summed E-state index contributed by atoms with van der Waals surface area (Å²) in [5.74, 6) is -0.775. The van der Waals surface area contributed by atoms with E-state index < -0.39 is 5.97 Å². The van der Waals surface area contributed by atoms with Gasteiger partial charge >= 0.3 is 5.97 Å². The van der Waals surface area contributed by atoms with Crippen LogP contribution in [0.25, 0.3) is 0 Å². The number of oxime groups is 1. The van der Waals surface area contributed by atoms with Crippen molar-refractivity contribution >= 4 is 11.7 Å². The fourth-order valence-corrected chi connectivity index (χ4v) is 3.01. The molecule has 1 aliphatic rings. The molecular formula is C18H21N3O3. The van der Waals surface area contributed by atoms with Gasteiger partial charge in [0.2, 0.25) is 0 Å². The zero-order chi connectivity index (χ0) is 16.8. The maximum atomic E-state index is 10.5. The van der Waals surface area contributed by atoms with Crippen molar-refractivity contribution in [3.05, 3.63) is 54.1 Å². The summed E-state index contributed by atoms with van der Waals surface area (Å²) in [7, 11) is 0. The highest BCUT2D eigenvalue weighted by molar-refractivity contribution is 6.05. The Morgan fingerprint density at radius 2 is 2.25 bits per heavy atom. The highest BCUT2D eigenvalue weighted by Crippen LogP contribution is 2.29. The van der Waals surface area contributed by atoms with Gasteiger partial charge in [0.25, 0.3) is 0 Å². The van der Waals surface area contributed by atoms with Crippen molar-refractivity contribution in [2.75, 3.05) is 6.61 Å². The fourth-order valence-electron chi connectivity index (χ4n) is 3.01. The molecule has 126 valence electrons. The predicted octanol–water partition coefficient (Wildman–Crippen LogP) is 3.05. The number of imidazole rings is 1. The molecule has 1 aromatic carbocycles. The second-order valence-electron chi connectivity index (χ2n) is 5.88. The Kier molecular flexibility index (Phi) is 5.25. The molecule has 1 aliphatic carbocycles.